The summed E-state index contributed by atoms with van der Waals surface area (Å²) in [5.74, 6) is 0. The number of hydrogen-bond acceptors (Lipinski definition) is 1. The predicted molar refractivity (Wildman–Crippen MR) is 57.3 cm³/mol. The van der Waals surface area contributed by atoms with Crippen LogP contribution in [-0.4, -0.2) is 6.04 Å². The first-order valence-electron chi connectivity index (χ1n) is 4.89. The highest BCUT2D eigenvalue weighted by atomic mass is 15.0. The Morgan fingerprint density at radius 2 is 2.00 bits per heavy atom. The van der Waals surface area contributed by atoms with E-state index < -0.39 is 0 Å². The fraction of sp³-hybridized carbons (Fsp3) is 0.500. The minimum atomic E-state index is 0.267. The highest BCUT2D eigenvalue weighted by Gasteiger charge is 2.35. The molecule has 1 unspecified atom stereocenters. The maximum absolute atomic E-state index is 3.53. The van der Waals surface area contributed by atoms with E-state index in [0.717, 1.165) is 0 Å². The van der Waals surface area contributed by atoms with Crippen LogP contribution in [0.5, 0.6) is 0 Å². The zero-order chi connectivity index (χ0) is 9.64. The average molecular weight is 175 g/mol. The van der Waals surface area contributed by atoms with Gasteiger partial charge in [0.05, 0.1) is 0 Å². The van der Waals surface area contributed by atoms with Crippen LogP contribution >= 0.6 is 0 Å². The molecule has 0 saturated carbocycles. The third-order valence-electron chi connectivity index (χ3n) is 3.32. The molecule has 0 spiro atoms. The van der Waals surface area contributed by atoms with Crippen molar-refractivity contribution in [3.63, 3.8) is 0 Å². The standard InChI is InChI=1S/C12H17N/c1-8-5-6-10-11(7-8)13-9(2)12(10,3)4/h5-7,9,13H,1-4H3. The Hall–Kier alpha value is -0.980. The molecule has 1 N–H and O–H groups in total. The van der Waals surface area contributed by atoms with Crippen molar-refractivity contribution >= 4 is 5.69 Å². The molecule has 1 aromatic carbocycles. The predicted octanol–water partition coefficient (Wildman–Crippen LogP) is 3.09. The molecule has 70 valence electrons. The van der Waals surface area contributed by atoms with E-state index >= 15 is 0 Å². The number of aryl methyl sites for hydroxylation is 1. The van der Waals surface area contributed by atoms with E-state index in [2.05, 4.69) is 51.2 Å². The highest BCUT2D eigenvalue weighted by molar-refractivity contribution is 5.62. The molecule has 13 heavy (non-hydrogen) atoms. The van der Waals surface area contributed by atoms with E-state index in [-0.39, 0.29) is 5.41 Å². The average Bonchev–Trinajstić information content (AvgIpc) is 2.23. The molecular formula is C12H17N. The molecule has 1 nitrogen and oxygen atoms in total. The van der Waals surface area contributed by atoms with Crippen LogP contribution in [0.1, 0.15) is 31.9 Å². The minimum absolute atomic E-state index is 0.267. The summed E-state index contributed by atoms with van der Waals surface area (Å²) < 4.78 is 0. The van der Waals surface area contributed by atoms with Gasteiger partial charge < -0.3 is 5.32 Å². The fourth-order valence-corrected chi connectivity index (χ4v) is 1.99. The summed E-state index contributed by atoms with van der Waals surface area (Å²) in [5.41, 5.74) is 4.36. The van der Waals surface area contributed by atoms with E-state index in [1.54, 1.807) is 0 Å². The number of fused-ring (bicyclic) bond motifs is 1. The number of nitrogens with one attached hydrogen (secondary N) is 1. The highest BCUT2D eigenvalue weighted by Crippen LogP contribution is 2.40. The van der Waals surface area contributed by atoms with Gasteiger partial charge in [0.2, 0.25) is 0 Å². The number of anilines is 1. The third-order valence-corrected chi connectivity index (χ3v) is 3.32. The van der Waals surface area contributed by atoms with Gasteiger partial charge in [-0.25, -0.2) is 0 Å². The second kappa shape index (κ2) is 2.50. The molecule has 1 heterocycles. The van der Waals surface area contributed by atoms with Crippen LogP contribution in [0.4, 0.5) is 5.69 Å². The van der Waals surface area contributed by atoms with E-state index in [1.807, 2.05) is 0 Å². The summed E-state index contributed by atoms with van der Waals surface area (Å²) in [6.45, 7) is 8.98. The molecular weight excluding hydrogens is 158 g/mol. The largest absolute Gasteiger partial charge is 0.381 e. The Bertz CT molecular complexity index is 339. The quantitative estimate of drug-likeness (QED) is 0.639. The van der Waals surface area contributed by atoms with Gasteiger partial charge in [-0.2, -0.15) is 0 Å². The first kappa shape index (κ1) is 8.61. The third kappa shape index (κ3) is 1.14. The van der Waals surface area contributed by atoms with Gasteiger partial charge in [-0.3, -0.25) is 0 Å². The van der Waals surface area contributed by atoms with Gasteiger partial charge in [0, 0.05) is 17.1 Å². The van der Waals surface area contributed by atoms with Gasteiger partial charge in [0.25, 0.3) is 0 Å². The summed E-state index contributed by atoms with van der Waals surface area (Å²) in [6, 6.07) is 7.21. The van der Waals surface area contributed by atoms with Crippen LogP contribution in [0.3, 0.4) is 0 Å². The SMILES string of the molecule is Cc1ccc2c(c1)NC(C)C2(C)C. The molecule has 2 rings (SSSR count). The van der Waals surface area contributed by atoms with Crippen LogP contribution in [0.2, 0.25) is 0 Å². The Balaban J connectivity index is 2.55. The lowest BCUT2D eigenvalue weighted by molar-refractivity contribution is 0.486. The summed E-state index contributed by atoms with van der Waals surface area (Å²) in [6.07, 6.45) is 0. The van der Waals surface area contributed by atoms with Crippen molar-refractivity contribution in [3.05, 3.63) is 29.3 Å². The van der Waals surface area contributed by atoms with Crippen molar-refractivity contribution < 1.29 is 0 Å². The van der Waals surface area contributed by atoms with E-state index in [1.165, 1.54) is 16.8 Å². The molecule has 0 saturated heterocycles. The minimum Gasteiger partial charge on any atom is -0.381 e. The lowest BCUT2D eigenvalue weighted by Crippen LogP contribution is -2.29. The van der Waals surface area contributed by atoms with Crippen molar-refractivity contribution in [2.45, 2.75) is 39.2 Å². The molecule has 0 amide bonds. The zero-order valence-electron chi connectivity index (χ0n) is 8.81. The molecule has 0 bridgehead atoms. The van der Waals surface area contributed by atoms with E-state index in [0.29, 0.717) is 6.04 Å². The fourth-order valence-electron chi connectivity index (χ4n) is 1.99. The lowest BCUT2D eigenvalue weighted by atomic mass is 9.81. The first-order chi connectivity index (χ1) is 6.01. The maximum Gasteiger partial charge on any atom is 0.0384 e. The Labute approximate surface area is 80.2 Å². The van der Waals surface area contributed by atoms with Crippen LogP contribution in [0.15, 0.2) is 18.2 Å². The first-order valence-corrected chi connectivity index (χ1v) is 4.89. The van der Waals surface area contributed by atoms with Crippen LogP contribution < -0.4 is 5.32 Å². The van der Waals surface area contributed by atoms with Gasteiger partial charge in [-0.15, -0.1) is 0 Å². The van der Waals surface area contributed by atoms with Gasteiger partial charge >= 0.3 is 0 Å². The molecule has 0 radical (unpaired) electrons. The van der Waals surface area contributed by atoms with Gasteiger partial charge in [-0.1, -0.05) is 26.0 Å². The lowest BCUT2D eigenvalue weighted by Gasteiger charge is -2.23. The van der Waals surface area contributed by atoms with E-state index in [4.69, 9.17) is 0 Å². The summed E-state index contributed by atoms with van der Waals surface area (Å²) in [4.78, 5) is 0. The van der Waals surface area contributed by atoms with Crippen LogP contribution in [0, 0.1) is 6.92 Å². The monoisotopic (exact) mass is 175 g/mol. The second-order valence-corrected chi connectivity index (χ2v) is 4.64. The summed E-state index contributed by atoms with van der Waals surface area (Å²) >= 11 is 0. The maximum atomic E-state index is 3.53. The Morgan fingerprint density at radius 3 is 2.69 bits per heavy atom. The van der Waals surface area contributed by atoms with Crippen molar-refractivity contribution in [1.29, 1.82) is 0 Å². The number of rotatable bonds is 0. The van der Waals surface area contributed by atoms with Crippen molar-refractivity contribution in [3.8, 4) is 0 Å². The summed E-state index contributed by atoms with van der Waals surface area (Å²) in [5, 5.41) is 3.53. The normalized spacial score (nSPS) is 23.8. The smallest absolute Gasteiger partial charge is 0.0384 e. The molecule has 0 aromatic heterocycles. The van der Waals surface area contributed by atoms with Gasteiger partial charge in [-0.05, 0) is 31.0 Å². The molecule has 0 fully saturated rings. The van der Waals surface area contributed by atoms with Crippen LogP contribution in [0.25, 0.3) is 0 Å². The zero-order valence-corrected chi connectivity index (χ0v) is 8.81. The number of benzene rings is 1. The molecule has 1 aliphatic rings. The molecule has 1 aliphatic heterocycles. The number of hydrogen-bond donors (Lipinski definition) is 1. The molecule has 1 aromatic rings. The topological polar surface area (TPSA) is 12.0 Å². The summed E-state index contributed by atoms with van der Waals surface area (Å²) in [7, 11) is 0. The van der Waals surface area contributed by atoms with Crippen molar-refractivity contribution in [2.24, 2.45) is 0 Å². The van der Waals surface area contributed by atoms with Gasteiger partial charge in [0.1, 0.15) is 0 Å². The Morgan fingerprint density at radius 1 is 1.31 bits per heavy atom. The van der Waals surface area contributed by atoms with Gasteiger partial charge in [0.15, 0.2) is 0 Å². The van der Waals surface area contributed by atoms with Crippen molar-refractivity contribution in [2.75, 3.05) is 5.32 Å². The molecule has 1 heteroatoms. The van der Waals surface area contributed by atoms with E-state index in [9.17, 15) is 0 Å². The van der Waals surface area contributed by atoms with Crippen molar-refractivity contribution in [1.82, 2.24) is 0 Å². The molecule has 1 atom stereocenters. The second-order valence-electron chi connectivity index (χ2n) is 4.64. The van der Waals surface area contributed by atoms with Crippen LogP contribution in [-0.2, 0) is 5.41 Å². The molecule has 0 aliphatic carbocycles. The Kier molecular flexibility index (Phi) is 1.66.